The van der Waals surface area contributed by atoms with Gasteiger partial charge in [-0.15, -0.1) is 22.7 Å². The second-order valence-electron chi connectivity index (χ2n) is 4.97. The standard InChI is InChI=1S/C14H14N4O2S2/c1-7-4-15-14(21-7)17-10(19)5-18-6-16-12-11(13(18)20)8(2)9(3)22-12/h4,6H,5H2,1-3H3,(H,15,17,19). The van der Waals surface area contributed by atoms with Crippen LogP contribution in [0.2, 0.25) is 0 Å². The Kier molecular flexibility index (Phi) is 3.79. The molecule has 6 nitrogen and oxygen atoms in total. The van der Waals surface area contributed by atoms with Crippen LogP contribution in [0.15, 0.2) is 17.3 Å². The molecule has 0 bridgehead atoms. The highest BCUT2D eigenvalue weighted by atomic mass is 32.1. The molecule has 8 heteroatoms. The van der Waals surface area contributed by atoms with E-state index < -0.39 is 0 Å². The van der Waals surface area contributed by atoms with Gasteiger partial charge in [-0.1, -0.05) is 0 Å². The van der Waals surface area contributed by atoms with Crippen LogP contribution in [0.4, 0.5) is 5.13 Å². The molecule has 0 saturated heterocycles. The zero-order valence-corrected chi connectivity index (χ0v) is 14.0. The highest BCUT2D eigenvalue weighted by Crippen LogP contribution is 2.25. The van der Waals surface area contributed by atoms with E-state index in [1.165, 1.54) is 33.6 Å². The van der Waals surface area contributed by atoms with Crippen molar-refractivity contribution in [3.8, 4) is 0 Å². The number of thiazole rings is 1. The fraction of sp³-hybridized carbons (Fsp3) is 0.286. The molecule has 0 spiro atoms. The first-order valence-electron chi connectivity index (χ1n) is 6.63. The largest absolute Gasteiger partial charge is 0.300 e. The van der Waals surface area contributed by atoms with E-state index in [2.05, 4.69) is 15.3 Å². The van der Waals surface area contributed by atoms with Crippen molar-refractivity contribution < 1.29 is 4.79 Å². The lowest BCUT2D eigenvalue weighted by atomic mass is 10.2. The van der Waals surface area contributed by atoms with Gasteiger partial charge in [0.1, 0.15) is 11.4 Å². The Hall–Kier alpha value is -2.06. The molecule has 0 unspecified atom stereocenters. The number of aromatic nitrogens is 3. The Labute approximate surface area is 134 Å². The molecule has 0 radical (unpaired) electrons. The summed E-state index contributed by atoms with van der Waals surface area (Å²) in [4.78, 5) is 35.7. The highest BCUT2D eigenvalue weighted by molar-refractivity contribution is 7.18. The van der Waals surface area contributed by atoms with Crippen molar-refractivity contribution in [3.63, 3.8) is 0 Å². The lowest BCUT2D eigenvalue weighted by molar-refractivity contribution is -0.116. The maximum atomic E-state index is 12.5. The van der Waals surface area contributed by atoms with E-state index in [9.17, 15) is 9.59 Å². The van der Waals surface area contributed by atoms with Crippen LogP contribution in [0.3, 0.4) is 0 Å². The molecule has 0 fully saturated rings. The predicted octanol–water partition coefficient (Wildman–Crippen LogP) is 2.48. The van der Waals surface area contributed by atoms with Gasteiger partial charge in [-0.2, -0.15) is 0 Å². The lowest BCUT2D eigenvalue weighted by Gasteiger charge is -2.05. The Morgan fingerprint density at radius 1 is 1.27 bits per heavy atom. The van der Waals surface area contributed by atoms with Gasteiger partial charge in [0.2, 0.25) is 5.91 Å². The third kappa shape index (κ3) is 2.67. The number of amides is 1. The summed E-state index contributed by atoms with van der Waals surface area (Å²) in [5.41, 5.74) is 0.750. The number of carbonyl (C=O) groups excluding carboxylic acids is 1. The lowest BCUT2D eigenvalue weighted by Crippen LogP contribution is -2.27. The average molecular weight is 334 g/mol. The van der Waals surface area contributed by atoms with Crippen molar-refractivity contribution >= 4 is 43.9 Å². The van der Waals surface area contributed by atoms with Crippen LogP contribution in [0.25, 0.3) is 10.2 Å². The first kappa shape index (κ1) is 14.9. The summed E-state index contributed by atoms with van der Waals surface area (Å²) in [6.07, 6.45) is 3.12. The average Bonchev–Trinajstić information content (AvgIpc) is 2.98. The van der Waals surface area contributed by atoms with Gasteiger partial charge in [-0.3, -0.25) is 14.2 Å². The van der Waals surface area contributed by atoms with Crippen molar-refractivity contribution in [2.45, 2.75) is 27.3 Å². The summed E-state index contributed by atoms with van der Waals surface area (Å²) in [5.74, 6) is -0.290. The van der Waals surface area contributed by atoms with E-state index in [0.717, 1.165) is 15.3 Å². The normalized spacial score (nSPS) is 11.0. The molecule has 1 amide bonds. The molecule has 0 aromatic carbocycles. The van der Waals surface area contributed by atoms with E-state index in [1.807, 2.05) is 20.8 Å². The number of nitrogens with zero attached hydrogens (tertiary/aromatic N) is 3. The van der Waals surface area contributed by atoms with Crippen molar-refractivity contribution in [2.75, 3.05) is 5.32 Å². The number of nitrogens with one attached hydrogen (secondary N) is 1. The predicted molar refractivity (Wildman–Crippen MR) is 88.8 cm³/mol. The van der Waals surface area contributed by atoms with Gasteiger partial charge in [0.05, 0.1) is 11.7 Å². The van der Waals surface area contributed by atoms with E-state index in [-0.39, 0.29) is 18.0 Å². The SMILES string of the molecule is Cc1cnc(NC(=O)Cn2cnc3sc(C)c(C)c3c2=O)s1. The van der Waals surface area contributed by atoms with Gasteiger partial charge in [-0.05, 0) is 26.3 Å². The Morgan fingerprint density at radius 2 is 2.05 bits per heavy atom. The van der Waals surface area contributed by atoms with Gasteiger partial charge in [0, 0.05) is 16.0 Å². The zero-order chi connectivity index (χ0) is 15.9. The molecule has 0 atom stereocenters. The van der Waals surface area contributed by atoms with Gasteiger partial charge in [-0.25, -0.2) is 9.97 Å². The molecule has 3 heterocycles. The molecule has 22 heavy (non-hydrogen) atoms. The second-order valence-corrected chi connectivity index (χ2v) is 7.40. The van der Waals surface area contributed by atoms with Crippen molar-refractivity contribution in [3.05, 3.63) is 38.2 Å². The molecule has 0 aliphatic heterocycles. The monoisotopic (exact) mass is 334 g/mol. The number of hydrogen-bond donors (Lipinski definition) is 1. The number of rotatable bonds is 3. The second kappa shape index (κ2) is 5.62. The van der Waals surface area contributed by atoms with Crippen molar-refractivity contribution in [1.82, 2.24) is 14.5 Å². The van der Waals surface area contributed by atoms with Crippen LogP contribution in [0.5, 0.6) is 0 Å². The molecule has 0 aliphatic rings. The summed E-state index contributed by atoms with van der Waals surface area (Å²) >= 11 is 2.89. The first-order valence-corrected chi connectivity index (χ1v) is 8.26. The van der Waals surface area contributed by atoms with Crippen LogP contribution in [-0.2, 0) is 11.3 Å². The molecular formula is C14H14N4O2S2. The fourth-order valence-electron chi connectivity index (χ4n) is 2.11. The molecule has 0 aliphatic carbocycles. The number of carbonyl (C=O) groups is 1. The number of aryl methyl sites for hydroxylation is 3. The van der Waals surface area contributed by atoms with Crippen molar-refractivity contribution in [1.29, 1.82) is 0 Å². The fourth-order valence-corrected chi connectivity index (χ4v) is 3.78. The Morgan fingerprint density at radius 3 is 2.73 bits per heavy atom. The van der Waals surface area contributed by atoms with Crippen LogP contribution in [0, 0.1) is 20.8 Å². The van der Waals surface area contributed by atoms with E-state index in [4.69, 9.17) is 0 Å². The quantitative estimate of drug-likeness (QED) is 0.798. The minimum Gasteiger partial charge on any atom is -0.300 e. The summed E-state index contributed by atoms with van der Waals surface area (Å²) in [5, 5.41) is 3.82. The minimum atomic E-state index is -0.290. The summed E-state index contributed by atoms with van der Waals surface area (Å²) in [7, 11) is 0. The van der Waals surface area contributed by atoms with E-state index in [0.29, 0.717) is 15.3 Å². The Balaban J connectivity index is 1.87. The van der Waals surface area contributed by atoms with Gasteiger partial charge >= 0.3 is 0 Å². The number of anilines is 1. The van der Waals surface area contributed by atoms with Crippen LogP contribution in [-0.4, -0.2) is 20.4 Å². The summed E-state index contributed by atoms with van der Waals surface area (Å²) < 4.78 is 1.33. The molecule has 3 rings (SSSR count). The van der Waals surface area contributed by atoms with Gasteiger partial charge in [0.25, 0.3) is 5.56 Å². The molecule has 1 N–H and O–H groups in total. The Bertz CT molecular complexity index is 923. The summed E-state index contributed by atoms with van der Waals surface area (Å²) in [6.45, 7) is 5.70. The molecular weight excluding hydrogens is 320 g/mol. The maximum absolute atomic E-state index is 12.5. The van der Waals surface area contributed by atoms with Crippen LogP contribution in [0.1, 0.15) is 15.3 Å². The van der Waals surface area contributed by atoms with Gasteiger partial charge in [0.15, 0.2) is 5.13 Å². The number of fused-ring (bicyclic) bond motifs is 1. The summed E-state index contributed by atoms with van der Waals surface area (Å²) in [6, 6.07) is 0. The number of thiophene rings is 1. The molecule has 3 aromatic heterocycles. The minimum absolute atomic E-state index is 0.0747. The van der Waals surface area contributed by atoms with Gasteiger partial charge < -0.3 is 5.32 Å². The third-order valence-electron chi connectivity index (χ3n) is 3.34. The van der Waals surface area contributed by atoms with Crippen LogP contribution < -0.4 is 10.9 Å². The molecule has 0 saturated carbocycles. The zero-order valence-electron chi connectivity index (χ0n) is 12.3. The molecule has 3 aromatic rings. The first-order chi connectivity index (χ1) is 10.5. The molecule has 114 valence electrons. The van der Waals surface area contributed by atoms with Crippen molar-refractivity contribution in [2.24, 2.45) is 0 Å². The van der Waals surface area contributed by atoms with E-state index >= 15 is 0 Å². The number of hydrogen-bond acceptors (Lipinski definition) is 6. The van der Waals surface area contributed by atoms with E-state index in [1.54, 1.807) is 6.20 Å². The highest BCUT2D eigenvalue weighted by Gasteiger charge is 2.14. The maximum Gasteiger partial charge on any atom is 0.262 e. The van der Waals surface area contributed by atoms with Crippen LogP contribution >= 0.6 is 22.7 Å². The topological polar surface area (TPSA) is 76.9 Å². The smallest absolute Gasteiger partial charge is 0.262 e. The third-order valence-corrected chi connectivity index (χ3v) is 5.28.